The van der Waals surface area contributed by atoms with E-state index in [0.29, 0.717) is 23.4 Å². The molecule has 2 aliphatic rings. The van der Waals surface area contributed by atoms with Crippen LogP contribution in [0.15, 0.2) is 42.5 Å². The van der Waals surface area contributed by atoms with Gasteiger partial charge in [0.05, 0.1) is 25.4 Å². The van der Waals surface area contributed by atoms with E-state index < -0.39 is 28.3 Å². The van der Waals surface area contributed by atoms with E-state index in [-0.39, 0.29) is 37.2 Å². The van der Waals surface area contributed by atoms with Gasteiger partial charge in [-0.05, 0) is 42.3 Å². The van der Waals surface area contributed by atoms with Crippen LogP contribution in [0.4, 0.5) is 10.1 Å². The summed E-state index contributed by atoms with van der Waals surface area (Å²) in [4.78, 5) is 12.5. The Kier molecular flexibility index (Phi) is 6.36. The monoisotopic (exact) mass is 464 g/mol. The normalized spacial score (nSPS) is 24.2. The number of aliphatic hydroxyl groups excluding tert-OH is 1. The third kappa shape index (κ3) is 5.20. The second kappa shape index (κ2) is 9.05. The lowest BCUT2D eigenvalue weighted by Crippen LogP contribution is -2.47. The first-order valence-electron chi connectivity index (χ1n) is 10.3. The van der Waals surface area contributed by atoms with E-state index in [1.54, 1.807) is 30.3 Å². The van der Waals surface area contributed by atoms with Crippen LogP contribution in [0.1, 0.15) is 29.9 Å². The number of benzene rings is 2. The standard InChI is InChI=1S/C22H25FN2O6S/c1-32(28,29)25-15-5-6-19-17(8-15)18-9-16(30-20(12-26)22(18)31-19)10-21(27)24-11-13-3-2-4-14(23)7-13/h2-8,16,18,20,22,25-26H,9-12H2,1H3,(H,24,27)/t16-,18-,20+,22+/m1/s1. The van der Waals surface area contributed by atoms with Crippen molar-refractivity contribution in [2.75, 3.05) is 17.6 Å². The van der Waals surface area contributed by atoms with Crippen LogP contribution in [0.25, 0.3) is 0 Å². The van der Waals surface area contributed by atoms with Gasteiger partial charge in [-0.1, -0.05) is 12.1 Å². The van der Waals surface area contributed by atoms with E-state index in [1.807, 2.05) is 0 Å². The lowest BCUT2D eigenvalue weighted by Gasteiger charge is -2.37. The van der Waals surface area contributed by atoms with Crippen LogP contribution in [0, 0.1) is 5.82 Å². The SMILES string of the molecule is CS(=O)(=O)Nc1ccc2c(c1)[C@H]1C[C@H](CC(=O)NCc3cccc(F)c3)O[C@@H](CO)[C@H]1O2. The van der Waals surface area contributed by atoms with Gasteiger partial charge in [-0.2, -0.15) is 0 Å². The maximum absolute atomic E-state index is 13.3. The van der Waals surface area contributed by atoms with Crippen molar-refractivity contribution in [1.29, 1.82) is 0 Å². The van der Waals surface area contributed by atoms with Crippen molar-refractivity contribution >= 4 is 21.6 Å². The van der Waals surface area contributed by atoms with Gasteiger partial charge in [0.15, 0.2) is 0 Å². The highest BCUT2D eigenvalue weighted by Gasteiger charge is 2.46. The minimum absolute atomic E-state index is 0.0750. The fourth-order valence-corrected chi connectivity index (χ4v) is 4.85. The van der Waals surface area contributed by atoms with Crippen molar-refractivity contribution in [3.05, 3.63) is 59.4 Å². The maximum atomic E-state index is 13.3. The second-order valence-electron chi connectivity index (χ2n) is 8.14. The molecule has 0 bridgehead atoms. The molecule has 10 heteroatoms. The number of anilines is 1. The molecule has 4 rings (SSSR count). The average molecular weight is 465 g/mol. The largest absolute Gasteiger partial charge is 0.487 e. The Labute approximate surface area is 185 Å². The lowest BCUT2D eigenvalue weighted by atomic mass is 9.84. The van der Waals surface area contributed by atoms with Crippen molar-refractivity contribution in [1.82, 2.24) is 5.32 Å². The molecule has 2 aliphatic heterocycles. The summed E-state index contributed by atoms with van der Waals surface area (Å²) < 4.78 is 50.8. The van der Waals surface area contributed by atoms with Gasteiger partial charge in [-0.3, -0.25) is 9.52 Å². The zero-order chi connectivity index (χ0) is 22.9. The third-order valence-electron chi connectivity index (χ3n) is 5.59. The molecule has 2 heterocycles. The summed E-state index contributed by atoms with van der Waals surface area (Å²) in [6.45, 7) is -0.0731. The molecular formula is C22H25FN2O6S. The Hall–Kier alpha value is -2.69. The first-order valence-corrected chi connectivity index (χ1v) is 12.2. The fraction of sp³-hybridized carbons (Fsp3) is 0.409. The number of hydrogen-bond donors (Lipinski definition) is 3. The smallest absolute Gasteiger partial charge is 0.229 e. The molecule has 1 saturated heterocycles. The molecule has 4 atom stereocenters. The van der Waals surface area contributed by atoms with Gasteiger partial charge < -0.3 is 19.9 Å². The zero-order valence-corrected chi connectivity index (χ0v) is 18.3. The topological polar surface area (TPSA) is 114 Å². The van der Waals surface area contributed by atoms with Gasteiger partial charge in [0.1, 0.15) is 23.8 Å². The number of ether oxygens (including phenoxy) is 2. The molecule has 0 unspecified atom stereocenters. The van der Waals surface area contributed by atoms with Gasteiger partial charge in [-0.25, -0.2) is 12.8 Å². The number of rotatable bonds is 7. The lowest BCUT2D eigenvalue weighted by molar-refractivity contribution is -0.142. The van der Waals surface area contributed by atoms with Crippen LogP contribution in [-0.2, 0) is 26.1 Å². The Morgan fingerprint density at radius 3 is 2.78 bits per heavy atom. The highest BCUT2D eigenvalue weighted by Crippen LogP contribution is 2.47. The van der Waals surface area contributed by atoms with Crippen LogP contribution < -0.4 is 14.8 Å². The van der Waals surface area contributed by atoms with Gasteiger partial charge in [-0.15, -0.1) is 0 Å². The van der Waals surface area contributed by atoms with Gasteiger partial charge in [0.2, 0.25) is 15.9 Å². The van der Waals surface area contributed by atoms with E-state index in [9.17, 15) is 22.7 Å². The molecule has 0 spiro atoms. The molecule has 3 N–H and O–H groups in total. The Balaban J connectivity index is 1.44. The molecule has 2 aromatic rings. The number of carbonyl (C=O) groups is 1. The van der Waals surface area contributed by atoms with Gasteiger partial charge >= 0.3 is 0 Å². The van der Waals surface area contributed by atoms with Crippen LogP contribution in [0.5, 0.6) is 5.75 Å². The first-order chi connectivity index (χ1) is 15.2. The highest BCUT2D eigenvalue weighted by atomic mass is 32.2. The summed E-state index contributed by atoms with van der Waals surface area (Å²) in [7, 11) is -3.43. The number of nitrogens with one attached hydrogen (secondary N) is 2. The van der Waals surface area contributed by atoms with Crippen LogP contribution in [0.2, 0.25) is 0 Å². The van der Waals surface area contributed by atoms with Crippen molar-refractivity contribution in [3.63, 3.8) is 0 Å². The van der Waals surface area contributed by atoms with Crippen molar-refractivity contribution in [2.45, 2.75) is 43.6 Å². The minimum Gasteiger partial charge on any atom is -0.487 e. The van der Waals surface area contributed by atoms with E-state index in [2.05, 4.69) is 10.0 Å². The molecule has 172 valence electrons. The van der Waals surface area contributed by atoms with Crippen LogP contribution in [-0.4, -0.2) is 50.6 Å². The first kappa shape index (κ1) is 22.5. The maximum Gasteiger partial charge on any atom is 0.229 e. The van der Waals surface area contributed by atoms with E-state index in [4.69, 9.17) is 9.47 Å². The highest BCUT2D eigenvalue weighted by molar-refractivity contribution is 7.92. The molecular weight excluding hydrogens is 439 g/mol. The Morgan fingerprint density at radius 1 is 1.25 bits per heavy atom. The van der Waals surface area contributed by atoms with E-state index in [0.717, 1.165) is 11.8 Å². The number of carbonyl (C=O) groups excluding carboxylic acids is 1. The molecule has 8 nitrogen and oxygen atoms in total. The molecule has 0 radical (unpaired) electrons. The van der Waals surface area contributed by atoms with Gasteiger partial charge in [0.25, 0.3) is 0 Å². The van der Waals surface area contributed by atoms with Gasteiger partial charge in [0, 0.05) is 23.7 Å². The zero-order valence-electron chi connectivity index (χ0n) is 17.5. The molecule has 1 fully saturated rings. The minimum atomic E-state index is -3.43. The van der Waals surface area contributed by atoms with Crippen molar-refractivity contribution in [2.24, 2.45) is 0 Å². The summed E-state index contributed by atoms with van der Waals surface area (Å²) >= 11 is 0. The fourth-order valence-electron chi connectivity index (χ4n) is 4.29. The quantitative estimate of drug-likeness (QED) is 0.577. The summed E-state index contributed by atoms with van der Waals surface area (Å²) in [6.07, 6.45) is 0.134. The Morgan fingerprint density at radius 2 is 2.06 bits per heavy atom. The third-order valence-corrected chi connectivity index (χ3v) is 6.20. The van der Waals surface area contributed by atoms with Crippen LogP contribution in [0.3, 0.4) is 0 Å². The van der Waals surface area contributed by atoms with E-state index in [1.165, 1.54) is 12.1 Å². The molecule has 32 heavy (non-hydrogen) atoms. The average Bonchev–Trinajstić information content (AvgIpc) is 3.08. The second-order valence-corrected chi connectivity index (χ2v) is 9.89. The molecule has 0 saturated carbocycles. The molecule has 1 amide bonds. The summed E-state index contributed by atoms with van der Waals surface area (Å²) in [5.74, 6) is -0.162. The summed E-state index contributed by atoms with van der Waals surface area (Å²) in [5, 5.41) is 12.6. The predicted octanol–water partition coefficient (Wildman–Crippen LogP) is 1.90. The number of fused-ring (bicyclic) bond motifs is 3. The van der Waals surface area contributed by atoms with Crippen molar-refractivity contribution in [3.8, 4) is 5.75 Å². The van der Waals surface area contributed by atoms with Crippen LogP contribution >= 0.6 is 0 Å². The number of halogens is 1. The summed E-state index contributed by atoms with van der Waals surface area (Å²) in [5.41, 5.74) is 1.89. The number of amides is 1. The molecule has 0 aliphatic carbocycles. The summed E-state index contributed by atoms with van der Waals surface area (Å²) in [6, 6.07) is 11.0. The molecule has 2 aromatic carbocycles. The number of sulfonamides is 1. The van der Waals surface area contributed by atoms with Crippen molar-refractivity contribution < 1.29 is 32.2 Å². The number of aliphatic hydroxyl groups is 1. The molecule has 0 aromatic heterocycles. The van der Waals surface area contributed by atoms with E-state index >= 15 is 0 Å². The number of hydrogen-bond acceptors (Lipinski definition) is 6. The Bertz CT molecular complexity index is 1110. The predicted molar refractivity (Wildman–Crippen MR) is 115 cm³/mol.